The lowest BCUT2D eigenvalue weighted by atomic mass is 9.81. The quantitative estimate of drug-likeness (QED) is 0.861. The van der Waals surface area contributed by atoms with Gasteiger partial charge in [-0.1, -0.05) is 31.4 Å². The lowest BCUT2D eigenvalue weighted by Crippen LogP contribution is -2.23. The average molecular weight is 233 g/mol. The molecule has 0 radical (unpaired) electrons. The van der Waals surface area contributed by atoms with Crippen LogP contribution in [0, 0.1) is 5.92 Å². The molecule has 2 N–H and O–H groups in total. The van der Waals surface area contributed by atoms with E-state index in [4.69, 9.17) is 10.5 Å². The van der Waals surface area contributed by atoms with Crippen molar-refractivity contribution in [2.75, 3.05) is 6.61 Å². The Kier molecular flexibility index (Phi) is 4.43. The molecule has 0 saturated heterocycles. The lowest BCUT2D eigenvalue weighted by Gasteiger charge is -2.27. The summed E-state index contributed by atoms with van der Waals surface area (Å²) in [7, 11) is 0. The predicted molar refractivity (Wildman–Crippen MR) is 71.1 cm³/mol. The highest BCUT2D eigenvalue weighted by molar-refractivity contribution is 5.30. The minimum Gasteiger partial charge on any atom is -0.494 e. The monoisotopic (exact) mass is 233 g/mol. The highest BCUT2D eigenvalue weighted by atomic mass is 16.5. The van der Waals surface area contributed by atoms with Gasteiger partial charge in [0.15, 0.2) is 0 Å². The van der Waals surface area contributed by atoms with Crippen LogP contribution in [0.15, 0.2) is 24.3 Å². The second-order valence-electron chi connectivity index (χ2n) is 4.93. The van der Waals surface area contributed by atoms with Crippen LogP contribution in [0.1, 0.15) is 50.6 Å². The molecule has 2 heteroatoms. The van der Waals surface area contributed by atoms with Crippen molar-refractivity contribution in [1.82, 2.24) is 0 Å². The molecule has 0 heterocycles. The number of hydrogen-bond acceptors (Lipinski definition) is 2. The van der Waals surface area contributed by atoms with Crippen LogP contribution in [0.2, 0.25) is 0 Å². The van der Waals surface area contributed by atoms with Crippen molar-refractivity contribution in [2.45, 2.75) is 45.1 Å². The molecular formula is C15H23NO. The molecular weight excluding hydrogens is 210 g/mol. The maximum absolute atomic E-state index is 6.38. The maximum Gasteiger partial charge on any atom is 0.119 e. The van der Waals surface area contributed by atoms with Crippen LogP contribution in [0.25, 0.3) is 0 Å². The summed E-state index contributed by atoms with van der Waals surface area (Å²) in [5.74, 6) is 1.59. The first kappa shape index (κ1) is 12.4. The van der Waals surface area contributed by atoms with Gasteiger partial charge in [0.2, 0.25) is 0 Å². The van der Waals surface area contributed by atoms with E-state index in [0.717, 1.165) is 5.75 Å². The molecule has 17 heavy (non-hydrogen) atoms. The molecule has 0 bridgehead atoms. The molecule has 0 aliphatic heterocycles. The van der Waals surface area contributed by atoms with Crippen LogP contribution in [-0.2, 0) is 0 Å². The minimum atomic E-state index is 0.177. The number of benzene rings is 1. The molecule has 0 spiro atoms. The highest BCUT2D eigenvalue weighted by Gasteiger charge is 2.21. The van der Waals surface area contributed by atoms with Crippen molar-refractivity contribution in [3.8, 4) is 5.75 Å². The zero-order valence-electron chi connectivity index (χ0n) is 10.7. The maximum atomic E-state index is 6.38. The van der Waals surface area contributed by atoms with E-state index in [1.807, 2.05) is 19.1 Å². The van der Waals surface area contributed by atoms with Gasteiger partial charge in [0.25, 0.3) is 0 Å². The van der Waals surface area contributed by atoms with E-state index in [0.29, 0.717) is 12.5 Å². The Morgan fingerprint density at radius 2 is 2.06 bits per heavy atom. The van der Waals surface area contributed by atoms with E-state index in [-0.39, 0.29) is 6.04 Å². The standard InChI is InChI=1S/C15H23NO/c1-2-17-14-10-6-9-13(11-14)15(16)12-7-4-3-5-8-12/h6,9-12,15H,2-5,7-8,16H2,1H3/t15-/m1/s1. The molecule has 1 saturated carbocycles. The molecule has 1 aromatic carbocycles. The fourth-order valence-corrected chi connectivity index (χ4v) is 2.74. The minimum absolute atomic E-state index is 0.177. The first-order chi connectivity index (χ1) is 8.31. The Morgan fingerprint density at radius 3 is 2.76 bits per heavy atom. The fraction of sp³-hybridized carbons (Fsp3) is 0.600. The number of rotatable bonds is 4. The van der Waals surface area contributed by atoms with Gasteiger partial charge in [0.05, 0.1) is 6.61 Å². The van der Waals surface area contributed by atoms with Gasteiger partial charge in [0, 0.05) is 6.04 Å². The highest BCUT2D eigenvalue weighted by Crippen LogP contribution is 2.33. The van der Waals surface area contributed by atoms with Crippen LogP contribution in [0.3, 0.4) is 0 Å². The summed E-state index contributed by atoms with van der Waals surface area (Å²) in [6, 6.07) is 8.45. The predicted octanol–water partition coefficient (Wildman–Crippen LogP) is 3.67. The zero-order valence-corrected chi connectivity index (χ0v) is 10.7. The zero-order chi connectivity index (χ0) is 12.1. The summed E-state index contributed by atoms with van der Waals surface area (Å²) in [6.45, 7) is 2.72. The summed E-state index contributed by atoms with van der Waals surface area (Å²) in [6.07, 6.45) is 6.61. The van der Waals surface area contributed by atoms with Gasteiger partial charge in [-0.15, -0.1) is 0 Å². The Bertz CT molecular complexity index is 345. The molecule has 0 aromatic heterocycles. The van der Waals surface area contributed by atoms with E-state index >= 15 is 0 Å². The fourth-order valence-electron chi connectivity index (χ4n) is 2.74. The third-order valence-electron chi connectivity index (χ3n) is 3.71. The van der Waals surface area contributed by atoms with Crippen molar-refractivity contribution < 1.29 is 4.74 Å². The first-order valence-corrected chi connectivity index (χ1v) is 6.79. The second-order valence-corrected chi connectivity index (χ2v) is 4.93. The summed E-state index contributed by atoms with van der Waals surface area (Å²) in [5, 5.41) is 0. The van der Waals surface area contributed by atoms with Crippen molar-refractivity contribution in [3.63, 3.8) is 0 Å². The van der Waals surface area contributed by atoms with Crippen LogP contribution in [-0.4, -0.2) is 6.61 Å². The Labute approximate surface area is 104 Å². The summed E-state index contributed by atoms with van der Waals surface area (Å²) >= 11 is 0. The van der Waals surface area contributed by atoms with Crippen LogP contribution >= 0.6 is 0 Å². The van der Waals surface area contributed by atoms with Crippen LogP contribution in [0.4, 0.5) is 0 Å². The SMILES string of the molecule is CCOc1cccc([C@H](N)C2CCCCC2)c1. The Balaban J connectivity index is 2.06. The number of nitrogens with two attached hydrogens (primary N) is 1. The van der Waals surface area contributed by atoms with Gasteiger partial charge < -0.3 is 10.5 Å². The third-order valence-corrected chi connectivity index (χ3v) is 3.71. The molecule has 2 rings (SSSR count). The summed E-state index contributed by atoms with van der Waals surface area (Å²) in [4.78, 5) is 0. The smallest absolute Gasteiger partial charge is 0.119 e. The van der Waals surface area contributed by atoms with E-state index < -0.39 is 0 Å². The molecule has 0 amide bonds. The first-order valence-electron chi connectivity index (χ1n) is 6.79. The Hall–Kier alpha value is -1.02. The molecule has 1 fully saturated rings. The molecule has 0 unspecified atom stereocenters. The Morgan fingerprint density at radius 1 is 1.29 bits per heavy atom. The van der Waals surface area contributed by atoms with E-state index in [9.17, 15) is 0 Å². The molecule has 1 aliphatic rings. The summed E-state index contributed by atoms with van der Waals surface area (Å²) in [5.41, 5.74) is 7.60. The largest absolute Gasteiger partial charge is 0.494 e. The van der Waals surface area contributed by atoms with Gasteiger partial charge in [-0.2, -0.15) is 0 Å². The molecule has 1 aromatic rings. The van der Waals surface area contributed by atoms with E-state index in [2.05, 4.69) is 12.1 Å². The molecule has 2 nitrogen and oxygen atoms in total. The van der Waals surface area contributed by atoms with Gasteiger partial charge in [-0.25, -0.2) is 0 Å². The molecule has 94 valence electrons. The molecule has 1 aliphatic carbocycles. The van der Waals surface area contributed by atoms with Gasteiger partial charge >= 0.3 is 0 Å². The average Bonchev–Trinajstić information content (AvgIpc) is 2.40. The number of ether oxygens (including phenoxy) is 1. The van der Waals surface area contributed by atoms with Gasteiger partial charge in [-0.3, -0.25) is 0 Å². The van der Waals surface area contributed by atoms with E-state index in [1.165, 1.54) is 37.7 Å². The van der Waals surface area contributed by atoms with Crippen molar-refractivity contribution in [2.24, 2.45) is 11.7 Å². The molecule has 1 atom stereocenters. The topological polar surface area (TPSA) is 35.2 Å². The van der Waals surface area contributed by atoms with Gasteiger partial charge in [0.1, 0.15) is 5.75 Å². The second kappa shape index (κ2) is 6.06. The van der Waals surface area contributed by atoms with Crippen LogP contribution < -0.4 is 10.5 Å². The lowest BCUT2D eigenvalue weighted by molar-refractivity contribution is 0.306. The summed E-state index contributed by atoms with van der Waals surface area (Å²) < 4.78 is 5.53. The normalized spacial score (nSPS) is 18.9. The van der Waals surface area contributed by atoms with Crippen molar-refractivity contribution >= 4 is 0 Å². The third kappa shape index (κ3) is 3.22. The van der Waals surface area contributed by atoms with Crippen molar-refractivity contribution in [3.05, 3.63) is 29.8 Å². The number of hydrogen-bond donors (Lipinski definition) is 1. The van der Waals surface area contributed by atoms with E-state index in [1.54, 1.807) is 0 Å². The van der Waals surface area contributed by atoms with Crippen LogP contribution in [0.5, 0.6) is 5.75 Å². The van der Waals surface area contributed by atoms with Crippen molar-refractivity contribution in [1.29, 1.82) is 0 Å². The van der Waals surface area contributed by atoms with Gasteiger partial charge in [-0.05, 0) is 43.4 Å².